The van der Waals surface area contributed by atoms with E-state index in [0.29, 0.717) is 6.42 Å². The zero-order chi connectivity index (χ0) is 13.5. The zero-order valence-electron chi connectivity index (χ0n) is 11.1. The normalized spacial score (nSPS) is 12.3. The third-order valence-electron chi connectivity index (χ3n) is 2.56. The van der Waals surface area contributed by atoms with Crippen molar-refractivity contribution in [3.8, 4) is 0 Å². The van der Waals surface area contributed by atoms with Crippen LogP contribution in [0.25, 0.3) is 0 Å². The third kappa shape index (κ3) is 4.42. The molecule has 0 saturated heterocycles. The van der Waals surface area contributed by atoms with Crippen LogP contribution in [0.1, 0.15) is 26.7 Å². The van der Waals surface area contributed by atoms with Crippen molar-refractivity contribution in [1.82, 2.24) is 9.97 Å². The Morgan fingerprint density at radius 3 is 2.83 bits per heavy atom. The van der Waals surface area contributed by atoms with Crippen LogP contribution in [0.15, 0.2) is 10.8 Å². The second-order valence-corrected chi connectivity index (χ2v) is 5.14. The minimum Gasteiger partial charge on any atom is -0.393 e. The van der Waals surface area contributed by atoms with E-state index in [4.69, 9.17) is 0 Å². The van der Waals surface area contributed by atoms with Crippen LogP contribution in [0.2, 0.25) is 0 Å². The molecule has 1 rings (SSSR count). The maximum atomic E-state index is 9.30. The molecule has 0 spiro atoms. The molecule has 1 atom stereocenters. The van der Waals surface area contributed by atoms with Gasteiger partial charge in [0.2, 0.25) is 0 Å². The maximum absolute atomic E-state index is 9.30. The van der Waals surface area contributed by atoms with Crippen molar-refractivity contribution in [2.24, 2.45) is 0 Å². The van der Waals surface area contributed by atoms with Gasteiger partial charge in [0.1, 0.15) is 22.4 Å². The molecule has 102 valence electrons. The molecule has 0 aliphatic rings. The fourth-order valence-electron chi connectivity index (χ4n) is 1.48. The van der Waals surface area contributed by atoms with Crippen molar-refractivity contribution < 1.29 is 5.11 Å². The summed E-state index contributed by atoms with van der Waals surface area (Å²) >= 11 is 3.53. The minimum absolute atomic E-state index is 0.300. The standard InChI is InChI=1S/C12H21BrN4O/c1-4-6-14-11-10(13)12(16-8-15-11)17(3)7-5-9(2)18/h8-9,18H,4-7H2,1-3H3,(H,14,15,16). The van der Waals surface area contributed by atoms with E-state index in [1.807, 2.05) is 11.9 Å². The Hall–Kier alpha value is -0.880. The largest absolute Gasteiger partial charge is 0.393 e. The van der Waals surface area contributed by atoms with Crippen LogP contribution >= 0.6 is 15.9 Å². The molecular formula is C12H21BrN4O. The average Bonchev–Trinajstić information content (AvgIpc) is 2.34. The highest BCUT2D eigenvalue weighted by molar-refractivity contribution is 9.10. The molecule has 0 bridgehead atoms. The molecule has 0 aliphatic heterocycles. The first-order chi connectivity index (χ1) is 8.56. The highest BCUT2D eigenvalue weighted by Gasteiger charge is 2.12. The first kappa shape index (κ1) is 15.2. The van der Waals surface area contributed by atoms with Gasteiger partial charge >= 0.3 is 0 Å². The summed E-state index contributed by atoms with van der Waals surface area (Å²) in [7, 11) is 1.96. The molecule has 0 aromatic carbocycles. The van der Waals surface area contributed by atoms with E-state index in [9.17, 15) is 5.11 Å². The number of aromatic nitrogens is 2. The highest BCUT2D eigenvalue weighted by Crippen LogP contribution is 2.28. The lowest BCUT2D eigenvalue weighted by Crippen LogP contribution is -2.23. The summed E-state index contributed by atoms with van der Waals surface area (Å²) in [6.07, 6.45) is 3.01. The number of hydrogen-bond donors (Lipinski definition) is 2. The molecule has 0 fully saturated rings. The fraction of sp³-hybridized carbons (Fsp3) is 0.667. The minimum atomic E-state index is -0.300. The third-order valence-corrected chi connectivity index (χ3v) is 3.29. The number of aliphatic hydroxyl groups is 1. The van der Waals surface area contributed by atoms with Gasteiger partial charge in [-0.05, 0) is 35.7 Å². The monoisotopic (exact) mass is 316 g/mol. The van der Waals surface area contributed by atoms with Crippen LogP contribution < -0.4 is 10.2 Å². The van der Waals surface area contributed by atoms with Crippen LogP contribution in [0, 0.1) is 0 Å². The van der Waals surface area contributed by atoms with E-state index in [-0.39, 0.29) is 6.10 Å². The van der Waals surface area contributed by atoms with Crippen LogP contribution in [-0.4, -0.2) is 41.3 Å². The molecule has 2 N–H and O–H groups in total. The molecule has 0 saturated carbocycles. The summed E-state index contributed by atoms with van der Waals surface area (Å²) in [6, 6.07) is 0. The van der Waals surface area contributed by atoms with Crippen molar-refractivity contribution in [3.63, 3.8) is 0 Å². The Balaban J connectivity index is 2.75. The number of anilines is 2. The van der Waals surface area contributed by atoms with Crippen LogP contribution in [0.4, 0.5) is 11.6 Å². The second-order valence-electron chi connectivity index (χ2n) is 4.35. The Kier molecular flexibility index (Phi) is 6.35. The molecule has 18 heavy (non-hydrogen) atoms. The topological polar surface area (TPSA) is 61.3 Å². The van der Waals surface area contributed by atoms with E-state index >= 15 is 0 Å². The van der Waals surface area contributed by atoms with Crippen molar-refractivity contribution in [2.45, 2.75) is 32.8 Å². The number of hydrogen-bond acceptors (Lipinski definition) is 5. The summed E-state index contributed by atoms with van der Waals surface area (Å²) in [4.78, 5) is 10.5. The van der Waals surface area contributed by atoms with Crippen molar-refractivity contribution in [1.29, 1.82) is 0 Å². The number of rotatable bonds is 7. The predicted octanol–water partition coefficient (Wildman–Crippen LogP) is 2.27. The summed E-state index contributed by atoms with van der Waals surface area (Å²) in [5.74, 6) is 1.65. The van der Waals surface area contributed by atoms with Gasteiger partial charge < -0.3 is 15.3 Å². The molecular weight excluding hydrogens is 296 g/mol. The quantitative estimate of drug-likeness (QED) is 0.808. The van der Waals surface area contributed by atoms with Crippen LogP contribution in [-0.2, 0) is 0 Å². The molecule has 0 radical (unpaired) electrons. The fourth-order valence-corrected chi connectivity index (χ4v) is 2.13. The lowest BCUT2D eigenvalue weighted by atomic mass is 10.3. The average molecular weight is 317 g/mol. The lowest BCUT2D eigenvalue weighted by Gasteiger charge is -2.21. The van der Waals surface area contributed by atoms with Gasteiger partial charge in [0.05, 0.1) is 6.10 Å². The predicted molar refractivity (Wildman–Crippen MR) is 78.1 cm³/mol. The Bertz CT molecular complexity index is 373. The Labute approximate surface area is 117 Å². The van der Waals surface area contributed by atoms with E-state index in [2.05, 4.69) is 38.1 Å². The molecule has 1 heterocycles. The SMILES string of the molecule is CCCNc1ncnc(N(C)CCC(C)O)c1Br. The Morgan fingerprint density at radius 1 is 1.50 bits per heavy atom. The van der Waals surface area contributed by atoms with E-state index in [0.717, 1.165) is 35.6 Å². The van der Waals surface area contributed by atoms with Crippen LogP contribution in [0.5, 0.6) is 0 Å². The zero-order valence-corrected chi connectivity index (χ0v) is 12.7. The van der Waals surface area contributed by atoms with E-state index < -0.39 is 0 Å². The van der Waals surface area contributed by atoms with Gasteiger partial charge in [-0.2, -0.15) is 0 Å². The van der Waals surface area contributed by atoms with Gasteiger partial charge in [0.25, 0.3) is 0 Å². The first-order valence-corrected chi connectivity index (χ1v) is 6.99. The molecule has 0 amide bonds. The van der Waals surface area contributed by atoms with Gasteiger partial charge in [0, 0.05) is 20.1 Å². The summed E-state index contributed by atoms with van der Waals surface area (Å²) in [5.41, 5.74) is 0. The molecule has 5 nitrogen and oxygen atoms in total. The highest BCUT2D eigenvalue weighted by atomic mass is 79.9. The van der Waals surface area contributed by atoms with Gasteiger partial charge in [-0.15, -0.1) is 0 Å². The Morgan fingerprint density at radius 2 is 2.22 bits per heavy atom. The van der Waals surface area contributed by atoms with E-state index in [1.165, 1.54) is 0 Å². The van der Waals surface area contributed by atoms with Crippen LogP contribution in [0.3, 0.4) is 0 Å². The lowest BCUT2D eigenvalue weighted by molar-refractivity contribution is 0.187. The summed E-state index contributed by atoms with van der Waals surface area (Å²) < 4.78 is 0.867. The molecule has 1 aromatic rings. The number of aliphatic hydroxyl groups excluding tert-OH is 1. The number of nitrogens with zero attached hydrogens (tertiary/aromatic N) is 3. The van der Waals surface area contributed by atoms with Crippen molar-refractivity contribution >= 4 is 27.6 Å². The van der Waals surface area contributed by atoms with Gasteiger partial charge in [-0.25, -0.2) is 9.97 Å². The van der Waals surface area contributed by atoms with E-state index in [1.54, 1.807) is 13.3 Å². The molecule has 1 unspecified atom stereocenters. The summed E-state index contributed by atoms with van der Waals surface area (Å²) in [6.45, 7) is 5.53. The summed E-state index contributed by atoms with van der Waals surface area (Å²) in [5, 5.41) is 12.6. The van der Waals surface area contributed by atoms with Crippen molar-refractivity contribution in [3.05, 3.63) is 10.8 Å². The van der Waals surface area contributed by atoms with Gasteiger partial charge in [-0.3, -0.25) is 0 Å². The second kappa shape index (κ2) is 7.53. The van der Waals surface area contributed by atoms with Gasteiger partial charge in [-0.1, -0.05) is 6.92 Å². The molecule has 0 aliphatic carbocycles. The smallest absolute Gasteiger partial charge is 0.148 e. The number of halogens is 1. The maximum Gasteiger partial charge on any atom is 0.148 e. The van der Waals surface area contributed by atoms with Crippen molar-refractivity contribution in [2.75, 3.05) is 30.4 Å². The molecule has 1 aromatic heterocycles. The van der Waals surface area contributed by atoms with Gasteiger partial charge in [0.15, 0.2) is 0 Å². The number of nitrogens with one attached hydrogen (secondary N) is 1. The first-order valence-electron chi connectivity index (χ1n) is 6.19. The molecule has 6 heteroatoms.